The van der Waals surface area contributed by atoms with Crippen molar-refractivity contribution in [2.24, 2.45) is 0 Å². The van der Waals surface area contributed by atoms with Crippen LogP contribution < -0.4 is 5.32 Å². The third kappa shape index (κ3) is 3.69. The lowest BCUT2D eigenvalue weighted by atomic mass is 10.2. The van der Waals surface area contributed by atoms with Gasteiger partial charge >= 0.3 is 0 Å². The number of thioether (sulfide) groups is 1. The topological polar surface area (TPSA) is 12.0 Å². The summed E-state index contributed by atoms with van der Waals surface area (Å²) in [6, 6.07) is 16.3. The number of anilines is 1. The third-order valence-electron chi connectivity index (χ3n) is 2.58. The molecule has 0 aliphatic heterocycles. The maximum absolute atomic E-state index is 5.87. The van der Waals surface area contributed by atoms with Crippen LogP contribution in [0, 0.1) is 0 Å². The maximum atomic E-state index is 5.87. The average Bonchev–Trinajstić information content (AvgIpc) is 2.40. The molecule has 0 bridgehead atoms. The van der Waals surface area contributed by atoms with Gasteiger partial charge in [0.25, 0.3) is 0 Å². The van der Waals surface area contributed by atoms with Gasteiger partial charge in [-0.05, 0) is 35.6 Å². The molecule has 0 aliphatic carbocycles. The first-order valence-electron chi connectivity index (χ1n) is 5.99. The van der Waals surface area contributed by atoms with Crippen molar-refractivity contribution in [2.45, 2.75) is 18.4 Å². The van der Waals surface area contributed by atoms with E-state index in [0.29, 0.717) is 0 Å². The molecule has 0 aliphatic rings. The van der Waals surface area contributed by atoms with Crippen molar-refractivity contribution in [3.63, 3.8) is 0 Å². The van der Waals surface area contributed by atoms with E-state index < -0.39 is 0 Å². The van der Waals surface area contributed by atoms with Gasteiger partial charge in [-0.15, -0.1) is 11.8 Å². The molecule has 0 amide bonds. The zero-order valence-electron chi connectivity index (χ0n) is 10.3. The van der Waals surface area contributed by atoms with E-state index in [1.165, 1.54) is 16.1 Å². The highest BCUT2D eigenvalue weighted by atomic mass is 35.5. The third-order valence-corrected chi connectivity index (χ3v) is 3.79. The minimum atomic E-state index is 0.778. The van der Waals surface area contributed by atoms with Gasteiger partial charge in [-0.2, -0.15) is 0 Å². The second kappa shape index (κ2) is 6.72. The van der Waals surface area contributed by atoms with E-state index in [9.17, 15) is 0 Å². The predicted molar refractivity (Wildman–Crippen MR) is 81.6 cm³/mol. The fourth-order valence-electron chi connectivity index (χ4n) is 1.69. The Morgan fingerprint density at radius 2 is 1.78 bits per heavy atom. The second-order valence-corrected chi connectivity index (χ2v) is 5.65. The SMILES string of the molecule is CCSc1ccccc1NCc1ccc(Cl)cc1. The van der Waals surface area contributed by atoms with E-state index in [-0.39, 0.29) is 0 Å². The predicted octanol–water partition coefficient (Wildman–Crippen LogP) is 5.06. The summed E-state index contributed by atoms with van der Waals surface area (Å²) >= 11 is 7.73. The molecule has 0 unspecified atom stereocenters. The van der Waals surface area contributed by atoms with Gasteiger partial charge in [-0.3, -0.25) is 0 Å². The Morgan fingerprint density at radius 1 is 1.06 bits per heavy atom. The monoisotopic (exact) mass is 277 g/mol. The molecule has 0 saturated heterocycles. The highest BCUT2D eigenvalue weighted by molar-refractivity contribution is 7.99. The number of nitrogens with one attached hydrogen (secondary N) is 1. The van der Waals surface area contributed by atoms with Gasteiger partial charge in [0.15, 0.2) is 0 Å². The summed E-state index contributed by atoms with van der Waals surface area (Å²) < 4.78 is 0. The van der Waals surface area contributed by atoms with Gasteiger partial charge in [0.1, 0.15) is 0 Å². The Balaban J connectivity index is 2.03. The molecule has 2 aromatic rings. The van der Waals surface area contributed by atoms with Crippen molar-refractivity contribution < 1.29 is 0 Å². The van der Waals surface area contributed by atoms with Gasteiger partial charge in [0, 0.05) is 22.2 Å². The van der Waals surface area contributed by atoms with Crippen LogP contribution in [0.15, 0.2) is 53.4 Å². The first-order valence-corrected chi connectivity index (χ1v) is 7.36. The van der Waals surface area contributed by atoms with Crippen LogP contribution in [0.2, 0.25) is 5.02 Å². The molecule has 3 heteroatoms. The summed E-state index contributed by atoms with van der Waals surface area (Å²) in [6.07, 6.45) is 0. The van der Waals surface area contributed by atoms with Crippen molar-refractivity contribution in [1.29, 1.82) is 0 Å². The van der Waals surface area contributed by atoms with E-state index in [0.717, 1.165) is 17.3 Å². The average molecular weight is 278 g/mol. The number of rotatable bonds is 5. The van der Waals surface area contributed by atoms with Crippen LogP contribution in [0.5, 0.6) is 0 Å². The van der Waals surface area contributed by atoms with Crippen LogP contribution >= 0.6 is 23.4 Å². The molecule has 0 atom stereocenters. The normalized spacial score (nSPS) is 10.3. The van der Waals surface area contributed by atoms with Gasteiger partial charge in [-0.25, -0.2) is 0 Å². The lowest BCUT2D eigenvalue weighted by Crippen LogP contribution is -2.00. The number of benzene rings is 2. The minimum Gasteiger partial charge on any atom is -0.380 e. The Kier molecular flexibility index (Phi) is 4.97. The van der Waals surface area contributed by atoms with Crippen LogP contribution in [0.3, 0.4) is 0 Å². The van der Waals surface area contributed by atoms with E-state index in [1.807, 2.05) is 36.0 Å². The largest absolute Gasteiger partial charge is 0.380 e. The quantitative estimate of drug-likeness (QED) is 0.766. The van der Waals surface area contributed by atoms with Crippen LogP contribution in [0.4, 0.5) is 5.69 Å². The Morgan fingerprint density at radius 3 is 2.50 bits per heavy atom. The van der Waals surface area contributed by atoms with Crippen LogP contribution in [0.1, 0.15) is 12.5 Å². The fraction of sp³-hybridized carbons (Fsp3) is 0.200. The molecule has 2 rings (SSSR count). The summed E-state index contributed by atoms with van der Waals surface area (Å²) in [5.74, 6) is 1.08. The molecule has 1 nitrogen and oxygen atoms in total. The Bertz CT molecular complexity index is 496. The lowest BCUT2D eigenvalue weighted by Gasteiger charge is -2.11. The highest BCUT2D eigenvalue weighted by Gasteiger charge is 2.01. The van der Waals surface area contributed by atoms with Gasteiger partial charge in [0.05, 0.1) is 0 Å². The minimum absolute atomic E-state index is 0.778. The van der Waals surface area contributed by atoms with Crippen molar-refractivity contribution >= 4 is 29.1 Å². The number of para-hydroxylation sites is 1. The number of hydrogen-bond donors (Lipinski definition) is 1. The van der Waals surface area contributed by atoms with Crippen molar-refractivity contribution in [3.05, 3.63) is 59.1 Å². The Labute approximate surface area is 118 Å². The molecular weight excluding hydrogens is 262 g/mol. The maximum Gasteiger partial charge on any atom is 0.0481 e. The summed E-state index contributed by atoms with van der Waals surface area (Å²) in [5.41, 5.74) is 2.43. The molecule has 18 heavy (non-hydrogen) atoms. The van der Waals surface area contributed by atoms with E-state index in [4.69, 9.17) is 11.6 Å². The highest BCUT2D eigenvalue weighted by Crippen LogP contribution is 2.27. The summed E-state index contributed by atoms with van der Waals surface area (Å²) in [4.78, 5) is 1.30. The van der Waals surface area contributed by atoms with Crippen LogP contribution in [0.25, 0.3) is 0 Å². The van der Waals surface area contributed by atoms with Crippen molar-refractivity contribution in [1.82, 2.24) is 0 Å². The molecule has 0 saturated carbocycles. The van der Waals surface area contributed by atoms with Crippen molar-refractivity contribution in [2.75, 3.05) is 11.1 Å². The second-order valence-electron chi connectivity index (χ2n) is 3.91. The molecule has 0 fully saturated rings. The molecule has 1 N–H and O–H groups in total. The zero-order valence-corrected chi connectivity index (χ0v) is 11.9. The number of halogens is 1. The summed E-state index contributed by atoms with van der Waals surface area (Å²) in [5, 5.41) is 4.25. The zero-order chi connectivity index (χ0) is 12.8. The standard InChI is InChI=1S/C15H16ClNS/c1-2-18-15-6-4-3-5-14(15)17-11-12-7-9-13(16)10-8-12/h3-10,17H,2,11H2,1H3. The summed E-state index contributed by atoms with van der Waals surface area (Å²) in [7, 11) is 0. The van der Waals surface area contributed by atoms with E-state index in [1.54, 1.807) is 0 Å². The Hall–Kier alpha value is -1.12. The fourth-order valence-corrected chi connectivity index (χ4v) is 2.60. The van der Waals surface area contributed by atoms with Crippen LogP contribution in [-0.4, -0.2) is 5.75 Å². The first kappa shape index (κ1) is 13.3. The molecular formula is C15H16ClNS. The molecule has 0 spiro atoms. The van der Waals surface area contributed by atoms with Gasteiger partial charge < -0.3 is 5.32 Å². The number of hydrogen-bond acceptors (Lipinski definition) is 2. The molecule has 0 heterocycles. The molecule has 2 aromatic carbocycles. The smallest absolute Gasteiger partial charge is 0.0481 e. The first-order chi connectivity index (χ1) is 8.79. The van der Waals surface area contributed by atoms with Crippen molar-refractivity contribution in [3.8, 4) is 0 Å². The van der Waals surface area contributed by atoms with Gasteiger partial charge in [-0.1, -0.05) is 42.8 Å². The summed E-state index contributed by atoms with van der Waals surface area (Å²) in [6.45, 7) is 2.99. The molecule has 0 aromatic heterocycles. The van der Waals surface area contributed by atoms with Crippen LogP contribution in [-0.2, 0) is 6.54 Å². The van der Waals surface area contributed by atoms with E-state index >= 15 is 0 Å². The van der Waals surface area contributed by atoms with Gasteiger partial charge in [0.2, 0.25) is 0 Å². The molecule has 0 radical (unpaired) electrons. The lowest BCUT2D eigenvalue weighted by molar-refractivity contribution is 1.13. The molecule has 94 valence electrons. The van der Waals surface area contributed by atoms with E-state index in [2.05, 4.69) is 36.5 Å².